The smallest absolute Gasteiger partial charge is 0.247 e. The first-order chi connectivity index (χ1) is 18.1. The molecule has 0 aliphatic carbocycles. The molecule has 3 N–H and O–H groups in total. The fraction of sp³-hybridized carbons (Fsp3) is 0.222. The minimum absolute atomic E-state index is 0.0447. The molecule has 0 bridgehead atoms. The van der Waals surface area contributed by atoms with E-state index < -0.39 is 15.3 Å². The molecule has 11 heteroatoms. The molecule has 1 saturated heterocycles. The van der Waals surface area contributed by atoms with E-state index in [2.05, 4.69) is 10.3 Å². The van der Waals surface area contributed by atoms with E-state index in [4.69, 9.17) is 9.88 Å². The second-order valence-electron chi connectivity index (χ2n) is 8.70. The largest absolute Gasteiger partial charge is 0.497 e. The standard InChI is InChI=1S/C27H28N4O5S2/c1-18-6-10-21(11-7-18)31-25(32)17-24(26(31)33)37-27(30-20-4-3-5-22(16-20)36-2)29-15-14-19-8-12-23(13-9-19)38(28,34)35/h3-13,16,24H,14-15,17H2,1-2H3,(H,29,30)(H2,28,34,35). The fourth-order valence-electron chi connectivity index (χ4n) is 3.86. The Hall–Kier alpha value is -3.67. The number of aryl methyl sites for hydroxylation is 1. The number of methoxy groups -OCH3 is 1. The summed E-state index contributed by atoms with van der Waals surface area (Å²) in [5.74, 6) is 0.113. The number of primary sulfonamides is 1. The molecule has 4 rings (SSSR count). The van der Waals surface area contributed by atoms with Crippen LogP contribution in [-0.2, 0) is 26.0 Å². The van der Waals surface area contributed by atoms with E-state index in [1.54, 1.807) is 31.4 Å². The minimum atomic E-state index is -3.76. The van der Waals surface area contributed by atoms with E-state index in [0.717, 1.165) is 16.8 Å². The SMILES string of the molecule is COc1cccc(NC(=NCCc2ccc(S(N)(=O)=O)cc2)SC2CC(=O)N(c3ccc(C)cc3)C2=O)c1. The van der Waals surface area contributed by atoms with Crippen molar-refractivity contribution in [3.8, 4) is 5.75 Å². The summed E-state index contributed by atoms with van der Waals surface area (Å²) in [5, 5.41) is 8.27. The summed E-state index contributed by atoms with van der Waals surface area (Å²) < 4.78 is 28.3. The first-order valence-corrected chi connectivity index (χ1v) is 14.2. The highest BCUT2D eigenvalue weighted by Crippen LogP contribution is 2.31. The van der Waals surface area contributed by atoms with Crippen LogP contribution in [0.5, 0.6) is 5.75 Å². The van der Waals surface area contributed by atoms with Crippen molar-refractivity contribution in [3.05, 3.63) is 83.9 Å². The minimum Gasteiger partial charge on any atom is -0.497 e. The molecule has 0 radical (unpaired) electrons. The third-order valence-corrected chi connectivity index (χ3v) is 7.92. The lowest BCUT2D eigenvalue weighted by Crippen LogP contribution is -2.31. The molecule has 38 heavy (non-hydrogen) atoms. The molecule has 2 amide bonds. The van der Waals surface area contributed by atoms with Gasteiger partial charge in [-0.25, -0.2) is 18.5 Å². The Balaban J connectivity index is 1.51. The van der Waals surface area contributed by atoms with Crippen molar-refractivity contribution in [3.63, 3.8) is 0 Å². The van der Waals surface area contributed by atoms with Gasteiger partial charge >= 0.3 is 0 Å². The lowest BCUT2D eigenvalue weighted by molar-refractivity contribution is -0.121. The molecule has 9 nitrogen and oxygen atoms in total. The Kier molecular flexibility index (Phi) is 8.50. The lowest BCUT2D eigenvalue weighted by Gasteiger charge is -2.16. The van der Waals surface area contributed by atoms with Gasteiger partial charge in [0.1, 0.15) is 11.0 Å². The highest BCUT2D eigenvalue weighted by atomic mass is 32.2. The number of thioether (sulfide) groups is 1. The first-order valence-electron chi connectivity index (χ1n) is 11.8. The highest BCUT2D eigenvalue weighted by Gasteiger charge is 2.40. The van der Waals surface area contributed by atoms with Crippen LogP contribution in [0.1, 0.15) is 17.5 Å². The number of aliphatic imine (C=N–C) groups is 1. The van der Waals surface area contributed by atoms with Crippen LogP contribution in [0.2, 0.25) is 0 Å². The Labute approximate surface area is 226 Å². The monoisotopic (exact) mass is 552 g/mol. The second kappa shape index (κ2) is 11.8. The molecule has 0 spiro atoms. The molecular weight excluding hydrogens is 524 g/mol. The number of benzene rings is 3. The molecule has 1 heterocycles. The van der Waals surface area contributed by atoms with Gasteiger partial charge in [-0.2, -0.15) is 0 Å². The Morgan fingerprint density at radius 2 is 1.82 bits per heavy atom. The van der Waals surface area contributed by atoms with Crippen molar-refractivity contribution in [2.24, 2.45) is 10.1 Å². The Bertz CT molecular complexity index is 1460. The van der Waals surface area contributed by atoms with Gasteiger partial charge in [-0.3, -0.25) is 14.6 Å². The molecule has 3 aromatic carbocycles. The molecule has 1 aliphatic rings. The van der Waals surface area contributed by atoms with E-state index in [1.807, 2.05) is 43.3 Å². The predicted octanol–water partition coefficient (Wildman–Crippen LogP) is 3.73. The number of nitrogens with zero attached hydrogens (tertiary/aromatic N) is 2. The summed E-state index contributed by atoms with van der Waals surface area (Å²) in [6.45, 7) is 2.31. The molecule has 0 saturated carbocycles. The van der Waals surface area contributed by atoms with Crippen LogP contribution in [0.25, 0.3) is 0 Å². The summed E-state index contributed by atoms with van der Waals surface area (Å²) in [4.78, 5) is 31.9. The van der Waals surface area contributed by atoms with Crippen molar-refractivity contribution in [1.82, 2.24) is 0 Å². The quantitative estimate of drug-likeness (QED) is 0.247. The van der Waals surface area contributed by atoms with E-state index in [1.165, 1.54) is 28.8 Å². The summed E-state index contributed by atoms with van der Waals surface area (Å²) in [7, 11) is -2.18. The summed E-state index contributed by atoms with van der Waals surface area (Å²) in [6.07, 6.45) is 0.590. The number of imide groups is 1. The van der Waals surface area contributed by atoms with Crippen LogP contribution < -0.4 is 20.1 Å². The van der Waals surface area contributed by atoms with Gasteiger partial charge in [0, 0.05) is 24.7 Å². The van der Waals surface area contributed by atoms with Crippen molar-refractivity contribution >= 4 is 50.1 Å². The first kappa shape index (κ1) is 27.4. The summed E-state index contributed by atoms with van der Waals surface area (Å²) in [5.41, 5.74) is 3.19. The van der Waals surface area contributed by atoms with Gasteiger partial charge < -0.3 is 10.1 Å². The van der Waals surface area contributed by atoms with Crippen LogP contribution in [-0.4, -0.2) is 44.3 Å². The van der Waals surface area contributed by atoms with Gasteiger partial charge in [-0.1, -0.05) is 47.7 Å². The van der Waals surface area contributed by atoms with Gasteiger partial charge in [-0.15, -0.1) is 0 Å². The highest BCUT2D eigenvalue weighted by molar-refractivity contribution is 8.15. The fourth-order valence-corrected chi connectivity index (χ4v) is 5.42. The second-order valence-corrected chi connectivity index (χ2v) is 11.4. The van der Waals surface area contributed by atoms with Gasteiger partial charge in [0.05, 0.1) is 17.7 Å². The maximum absolute atomic E-state index is 13.2. The number of carbonyl (C=O) groups is 2. The zero-order chi connectivity index (χ0) is 27.3. The zero-order valence-electron chi connectivity index (χ0n) is 21.0. The average molecular weight is 553 g/mol. The molecule has 0 aromatic heterocycles. The van der Waals surface area contributed by atoms with Crippen molar-refractivity contribution < 1.29 is 22.7 Å². The van der Waals surface area contributed by atoms with Crippen LogP contribution in [0.15, 0.2) is 82.7 Å². The van der Waals surface area contributed by atoms with Crippen LogP contribution in [0.3, 0.4) is 0 Å². The van der Waals surface area contributed by atoms with Gasteiger partial charge in [-0.05, 0) is 55.3 Å². The average Bonchev–Trinajstić information content (AvgIpc) is 3.16. The van der Waals surface area contributed by atoms with Gasteiger partial charge in [0.2, 0.25) is 21.8 Å². The number of anilines is 2. The molecule has 1 fully saturated rings. The van der Waals surface area contributed by atoms with Crippen molar-refractivity contribution in [2.75, 3.05) is 23.9 Å². The molecular formula is C27H28N4O5S2. The number of amides is 2. The molecule has 1 atom stereocenters. The molecule has 198 valence electrons. The van der Waals surface area contributed by atoms with Crippen molar-refractivity contribution in [1.29, 1.82) is 0 Å². The topological polar surface area (TPSA) is 131 Å². The molecule has 1 aliphatic heterocycles. The van der Waals surface area contributed by atoms with E-state index in [9.17, 15) is 18.0 Å². The van der Waals surface area contributed by atoms with E-state index >= 15 is 0 Å². The summed E-state index contributed by atoms with van der Waals surface area (Å²) in [6, 6.07) is 20.9. The van der Waals surface area contributed by atoms with Gasteiger partial charge in [0.15, 0.2) is 5.17 Å². The lowest BCUT2D eigenvalue weighted by atomic mass is 10.1. The Morgan fingerprint density at radius 3 is 2.47 bits per heavy atom. The number of amidine groups is 1. The number of ether oxygens (including phenoxy) is 1. The van der Waals surface area contributed by atoms with Crippen LogP contribution in [0, 0.1) is 6.92 Å². The van der Waals surface area contributed by atoms with Crippen molar-refractivity contribution in [2.45, 2.75) is 29.9 Å². The maximum Gasteiger partial charge on any atom is 0.247 e. The normalized spacial score (nSPS) is 16.1. The number of rotatable bonds is 8. The van der Waals surface area contributed by atoms with Gasteiger partial charge in [0.25, 0.3) is 0 Å². The zero-order valence-corrected chi connectivity index (χ0v) is 22.6. The maximum atomic E-state index is 13.2. The Morgan fingerprint density at radius 1 is 1.11 bits per heavy atom. The number of hydrogen-bond donors (Lipinski definition) is 2. The predicted molar refractivity (Wildman–Crippen MR) is 150 cm³/mol. The summed E-state index contributed by atoms with van der Waals surface area (Å²) >= 11 is 1.21. The number of nitrogens with two attached hydrogens (primary N) is 1. The molecule has 3 aromatic rings. The number of sulfonamides is 1. The van der Waals surface area contributed by atoms with Crippen LogP contribution in [0.4, 0.5) is 11.4 Å². The third-order valence-electron chi connectivity index (χ3n) is 5.88. The number of carbonyl (C=O) groups excluding carboxylic acids is 2. The van der Waals surface area contributed by atoms with Crippen LogP contribution >= 0.6 is 11.8 Å². The molecule has 1 unspecified atom stereocenters. The number of nitrogens with one attached hydrogen (secondary N) is 1. The number of hydrogen-bond acceptors (Lipinski definition) is 7. The third kappa shape index (κ3) is 6.80. The van der Waals surface area contributed by atoms with E-state index in [0.29, 0.717) is 29.6 Å². The van der Waals surface area contributed by atoms with E-state index in [-0.39, 0.29) is 23.1 Å².